The number of benzene rings is 2. The van der Waals surface area contributed by atoms with Crippen molar-refractivity contribution in [1.82, 2.24) is 10.6 Å². The molecule has 6 nitrogen and oxygen atoms in total. The first-order valence-electron chi connectivity index (χ1n) is 10.7. The third kappa shape index (κ3) is 7.42. The largest absolute Gasteiger partial charge is 0.416 e. The van der Waals surface area contributed by atoms with Crippen LogP contribution in [0.2, 0.25) is 0 Å². The molecule has 200 valence electrons. The molecule has 0 radical (unpaired) electrons. The van der Waals surface area contributed by atoms with Crippen molar-refractivity contribution in [3.63, 3.8) is 0 Å². The number of alkyl halides is 6. The van der Waals surface area contributed by atoms with Crippen LogP contribution in [0.3, 0.4) is 0 Å². The van der Waals surface area contributed by atoms with Gasteiger partial charge in [0, 0.05) is 0 Å². The second-order valence-corrected chi connectivity index (χ2v) is 10.7. The Morgan fingerprint density at radius 1 is 1.03 bits per heavy atom. The number of carbonyl (C=O) groups excluding carboxylic acids is 1. The Bertz CT molecular complexity index is 1280. The summed E-state index contributed by atoms with van der Waals surface area (Å²) < 4.78 is 121. The number of hydrogen-bond acceptors (Lipinski definition) is 5. The Morgan fingerprint density at radius 3 is 2.14 bits per heavy atom. The highest BCUT2D eigenvalue weighted by Crippen LogP contribution is 2.36. The van der Waals surface area contributed by atoms with Gasteiger partial charge in [-0.2, -0.15) is 31.6 Å². The van der Waals surface area contributed by atoms with E-state index in [-0.39, 0.29) is 12.8 Å². The third-order valence-corrected chi connectivity index (χ3v) is 7.25. The quantitative estimate of drug-likeness (QED) is 0.456. The highest BCUT2D eigenvalue weighted by atomic mass is 32.2. The van der Waals surface area contributed by atoms with Gasteiger partial charge < -0.3 is 5.32 Å². The first kappa shape index (κ1) is 28.4. The second kappa shape index (κ2) is 10.3. The molecule has 37 heavy (non-hydrogen) atoms. The average Bonchev–Trinajstić information content (AvgIpc) is 3.55. The molecular formula is C23H20F7N3O3S. The molecule has 0 heterocycles. The van der Waals surface area contributed by atoms with E-state index in [1.807, 2.05) is 5.32 Å². The van der Waals surface area contributed by atoms with E-state index in [9.17, 15) is 49.2 Å². The third-order valence-electron chi connectivity index (χ3n) is 5.66. The number of nitrogens with zero attached hydrogens (tertiary/aromatic N) is 1. The van der Waals surface area contributed by atoms with Crippen LogP contribution in [-0.4, -0.2) is 37.8 Å². The molecule has 1 saturated carbocycles. The van der Waals surface area contributed by atoms with Gasteiger partial charge in [0.2, 0.25) is 5.91 Å². The van der Waals surface area contributed by atoms with Gasteiger partial charge in [0.05, 0.1) is 23.1 Å². The minimum Gasteiger partial charge on any atom is -0.336 e. The van der Waals surface area contributed by atoms with Crippen LogP contribution >= 0.6 is 0 Å². The number of nitriles is 1. The van der Waals surface area contributed by atoms with Gasteiger partial charge in [0.1, 0.15) is 23.4 Å². The Kier molecular flexibility index (Phi) is 7.90. The molecule has 2 aromatic carbocycles. The molecule has 0 saturated heterocycles. The molecule has 0 unspecified atom stereocenters. The summed E-state index contributed by atoms with van der Waals surface area (Å²) in [6.07, 6.45) is -9.59. The van der Waals surface area contributed by atoms with E-state index in [1.54, 1.807) is 6.07 Å². The normalized spacial score (nSPS) is 16.9. The smallest absolute Gasteiger partial charge is 0.336 e. The first-order chi connectivity index (χ1) is 17.1. The van der Waals surface area contributed by atoms with Gasteiger partial charge in [0.15, 0.2) is 9.84 Å². The van der Waals surface area contributed by atoms with Crippen LogP contribution < -0.4 is 10.6 Å². The van der Waals surface area contributed by atoms with Gasteiger partial charge in [-0.1, -0.05) is 30.3 Å². The number of nitrogens with one attached hydrogen (secondary N) is 2. The lowest BCUT2D eigenvalue weighted by atomic mass is 10.0. The zero-order valence-corrected chi connectivity index (χ0v) is 19.6. The molecule has 2 atom stereocenters. The van der Waals surface area contributed by atoms with Crippen molar-refractivity contribution >= 4 is 15.7 Å². The van der Waals surface area contributed by atoms with Crippen LogP contribution in [0, 0.1) is 17.1 Å². The molecule has 0 aromatic heterocycles. The molecule has 1 aliphatic carbocycles. The monoisotopic (exact) mass is 551 g/mol. The zero-order chi connectivity index (χ0) is 27.6. The fraction of sp³-hybridized carbons (Fsp3) is 0.391. The average molecular weight is 551 g/mol. The lowest BCUT2D eigenvalue weighted by molar-refractivity contribution is -0.160. The van der Waals surface area contributed by atoms with Crippen LogP contribution in [0.5, 0.6) is 0 Å². The van der Waals surface area contributed by atoms with Gasteiger partial charge >= 0.3 is 12.4 Å². The summed E-state index contributed by atoms with van der Waals surface area (Å²) in [4.78, 5) is 12.9. The molecule has 1 amide bonds. The van der Waals surface area contributed by atoms with E-state index < -0.39 is 79.7 Å². The highest BCUT2D eigenvalue weighted by molar-refractivity contribution is 7.90. The van der Waals surface area contributed by atoms with Crippen molar-refractivity contribution in [3.05, 3.63) is 71.0 Å². The van der Waals surface area contributed by atoms with E-state index in [0.717, 1.165) is 36.4 Å². The van der Waals surface area contributed by atoms with Crippen LogP contribution in [0.4, 0.5) is 30.7 Å². The summed E-state index contributed by atoms with van der Waals surface area (Å²) in [7, 11) is -4.62. The summed E-state index contributed by atoms with van der Waals surface area (Å²) in [6.45, 7) is 0. The molecular weight excluding hydrogens is 531 g/mol. The molecule has 1 fully saturated rings. The number of amides is 1. The van der Waals surface area contributed by atoms with Crippen molar-refractivity contribution < 1.29 is 43.9 Å². The fourth-order valence-electron chi connectivity index (χ4n) is 3.62. The topological polar surface area (TPSA) is 99.1 Å². The van der Waals surface area contributed by atoms with Crippen molar-refractivity contribution in [2.24, 2.45) is 0 Å². The SMILES string of the molecule is N#CC1(NC(=O)[C@H](CS(=O)(=O)Cc2ccccc2C(F)(F)F)N[C@@H](c2ccc(F)cc2)C(F)(F)F)CC1. The number of sulfone groups is 1. The van der Waals surface area contributed by atoms with Crippen LogP contribution in [-0.2, 0) is 26.6 Å². The molecule has 0 spiro atoms. The van der Waals surface area contributed by atoms with Crippen LogP contribution in [0.25, 0.3) is 0 Å². The van der Waals surface area contributed by atoms with Crippen molar-refractivity contribution in [2.45, 2.75) is 48.6 Å². The molecule has 2 aromatic rings. The second-order valence-electron chi connectivity index (χ2n) is 8.64. The number of carbonyl (C=O) groups is 1. The maximum Gasteiger partial charge on any atom is 0.416 e. The maximum absolute atomic E-state index is 13.9. The van der Waals surface area contributed by atoms with Gasteiger partial charge in [0.25, 0.3) is 0 Å². The summed E-state index contributed by atoms with van der Waals surface area (Å²) >= 11 is 0. The van der Waals surface area contributed by atoms with E-state index >= 15 is 0 Å². The molecule has 0 bridgehead atoms. The Hall–Kier alpha value is -3.18. The summed E-state index contributed by atoms with van der Waals surface area (Å²) in [5, 5.41) is 13.4. The Morgan fingerprint density at radius 2 is 1.62 bits per heavy atom. The van der Waals surface area contributed by atoms with Gasteiger partial charge in [-0.15, -0.1) is 0 Å². The van der Waals surface area contributed by atoms with Gasteiger partial charge in [-0.05, 0) is 42.2 Å². The molecule has 2 N–H and O–H groups in total. The number of hydrogen-bond donors (Lipinski definition) is 2. The van der Waals surface area contributed by atoms with E-state index in [4.69, 9.17) is 0 Å². The van der Waals surface area contributed by atoms with Crippen LogP contribution in [0.15, 0.2) is 48.5 Å². The fourth-order valence-corrected chi connectivity index (χ4v) is 5.22. The molecule has 3 rings (SSSR count). The van der Waals surface area contributed by atoms with Crippen molar-refractivity contribution in [2.75, 3.05) is 5.75 Å². The number of halogens is 7. The minimum absolute atomic E-state index is 0.189. The Balaban J connectivity index is 1.94. The molecule has 0 aliphatic heterocycles. The van der Waals surface area contributed by atoms with Gasteiger partial charge in [-0.3, -0.25) is 10.1 Å². The van der Waals surface area contributed by atoms with E-state index in [1.165, 1.54) is 6.07 Å². The lowest BCUT2D eigenvalue weighted by Gasteiger charge is -2.28. The van der Waals surface area contributed by atoms with E-state index in [0.29, 0.717) is 6.07 Å². The maximum atomic E-state index is 13.9. The summed E-state index contributed by atoms with van der Waals surface area (Å²) in [6, 6.07) is 3.91. The standard InChI is InChI=1S/C23H20F7N3O3S/c24-16-7-5-14(6-8-16)19(23(28,29)30)32-18(20(34)33-21(13-31)9-10-21)12-37(35,36)11-15-3-1-2-4-17(15)22(25,26)27/h1-8,18-19,32H,9-12H2,(H,33,34)/t18-,19-/m0/s1. The van der Waals surface area contributed by atoms with Crippen molar-refractivity contribution in [3.8, 4) is 6.07 Å². The predicted octanol–water partition coefficient (Wildman–Crippen LogP) is 4.19. The first-order valence-corrected chi connectivity index (χ1v) is 12.5. The Labute approximate surface area is 207 Å². The zero-order valence-electron chi connectivity index (χ0n) is 18.8. The minimum atomic E-state index is -5.07. The predicted molar refractivity (Wildman–Crippen MR) is 117 cm³/mol. The molecule has 1 aliphatic rings. The summed E-state index contributed by atoms with van der Waals surface area (Å²) in [5.41, 5.74) is -3.79. The molecule has 14 heteroatoms. The highest BCUT2D eigenvalue weighted by Gasteiger charge is 2.48. The number of rotatable bonds is 9. The van der Waals surface area contributed by atoms with Crippen LogP contribution in [0.1, 0.15) is 35.6 Å². The summed E-state index contributed by atoms with van der Waals surface area (Å²) in [5.74, 6) is -4.59. The van der Waals surface area contributed by atoms with E-state index in [2.05, 4.69) is 5.32 Å². The lowest BCUT2D eigenvalue weighted by Crippen LogP contribution is -2.54. The van der Waals surface area contributed by atoms with Gasteiger partial charge in [-0.25, -0.2) is 12.8 Å². The van der Waals surface area contributed by atoms with Crippen molar-refractivity contribution in [1.29, 1.82) is 5.26 Å².